The molecular formula is C15H22ClN3. The molecule has 0 spiro atoms. The van der Waals surface area contributed by atoms with Gasteiger partial charge < -0.3 is 10.7 Å². The molecular weight excluding hydrogens is 258 g/mol. The molecule has 4 heteroatoms. The normalized spacial score (nSPS) is 13.0. The Bertz CT molecular complexity index is 515. The Labute approximate surface area is 119 Å². The summed E-state index contributed by atoms with van der Waals surface area (Å²) >= 11 is 5.98. The molecule has 0 radical (unpaired) electrons. The van der Waals surface area contributed by atoms with Gasteiger partial charge in [0.25, 0.3) is 0 Å². The largest absolute Gasteiger partial charge is 0.342 e. The molecule has 0 fully saturated rings. The zero-order chi connectivity index (χ0) is 13.7. The second-order valence-corrected chi connectivity index (χ2v) is 5.55. The number of H-pyrrole nitrogens is 1. The van der Waals surface area contributed by atoms with Gasteiger partial charge in [-0.05, 0) is 43.5 Å². The van der Waals surface area contributed by atoms with E-state index in [2.05, 4.69) is 16.9 Å². The van der Waals surface area contributed by atoms with E-state index < -0.39 is 0 Å². The van der Waals surface area contributed by atoms with Crippen LogP contribution in [0.2, 0.25) is 5.02 Å². The molecule has 0 saturated heterocycles. The van der Waals surface area contributed by atoms with Crippen LogP contribution in [0.1, 0.15) is 38.4 Å². The topological polar surface area (TPSA) is 54.7 Å². The number of nitrogens with two attached hydrogens (primary N) is 1. The van der Waals surface area contributed by atoms with Gasteiger partial charge in [0.1, 0.15) is 5.82 Å². The highest BCUT2D eigenvalue weighted by Crippen LogP contribution is 2.20. The zero-order valence-electron chi connectivity index (χ0n) is 11.5. The molecule has 0 amide bonds. The summed E-state index contributed by atoms with van der Waals surface area (Å²) in [6.45, 7) is 3.01. The van der Waals surface area contributed by atoms with Crippen molar-refractivity contribution in [3.63, 3.8) is 0 Å². The van der Waals surface area contributed by atoms with Gasteiger partial charge in [0.15, 0.2) is 0 Å². The first-order valence-electron chi connectivity index (χ1n) is 7.07. The van der Waals surface area contributed by atoms with Crippen molar-refractivity contribution in [2.75, 3.05) is 6.54 Å². The van der Waals surface area contributed by atoms with Crippen LogP contribution in [-0.4, -0.2) is 16.5 Å². The molecule has 1 atom stereocenters. The third-order valence-electron chi connectivity index (χ3n) is 3.55. The second-order valence-electron chi connectivity index (χ2n) is 5.12. The monoisotopic (exact) mass is 279 g/mol. The number of aromatic nitrogens is 2. The van der Waals surface area contributed by atoms with Crippen LogP contribution in [0.25, 0.3) is 11.0 Å². The van der Waals surface area contributed by atoms with Crippen molar-refractivity contribution in [1.82, 2.24) is 9.97 Å². The van der Waals surface area contributed by atoms with Crippen molar-refractivity contribution in [3.05, 3.63) is 29.0 Å². The number of aryl methyl sites for hydroxylation is 1. The van der Waals surface area contributed by atoms with Crippen LogP contribution in [0.4, 0.5) is 0 Å². The van der Waals surface area contributed by atoms with Gasteiger partial charge in [-0.3, -0.25) is 0 Å². The number of fused-ring (bicyclic) bond motifs is 1. The Hall–Kier alpha value is -1.06. The van der Waals surface area contributed by atoms with E-state index in [1.807, 2.05) is 18.2 Å². The van der Waals surface area contributed by atoms with E-state index in [0.717, 1.165) is 47.7 Å². The van der Waals surface area contributed by atoms with Crippen molar-refractivity contribution in [3.8, 4) is 0 Å². The van der Waals surface area contributed by atoms with Crippen LogP contribution >= 0.6 is 11.6 Å². The van der Waals surface area contributed by atoms with Crippen LogP contribution in [-0.2, 0) is 6.42 Å². The number of benzene rings is 1. The van der Waals surface area contributed by atoms with Gasteiger partial charge in [0, 0.05) is 11.4 Å². The quantitative estimate of drug-likeness (QED) is 0.807. The minimum absolute atomic E-state index is 0.715. The summed E-state index contributed by atoms with van der Waals surface area (Å²) in [5.74, 6) is 1.77. The summed E-state index contributed by atoms with van der Waals surface area (Å²) in [4.78, 5) is 7.95. The molecule has 0 aliphatic rings. The maximum absolute atomic E-state index is 5.98. The Morgan fingerprint density at radius 3 is 2.89 bits per heavy atom. The first-order valence-corrected chi connectivity index (χ1v) is 7.45. The van der Waals surface area contributed by atoms with Crippen molar-refractivity contribution < 1.29 is 0 Å². The van der Waals surface area contributed by atoms with Crippen LogP contribution in [0.5, 0.6) is 0 Å². The summed E-state index contributed by atoms with van der Waals surface area (Å²) < 4.78 is 0. The van der Waals surface area contributed by atoms with Gasteiger partial charge in [-0.2, -0.15) is 0 Å². The standard InChI is InChI=1S/C15H22ClN3/c1-2-3-11(8-9-17)4-7-15-18-13-6-5-12(16)10-14(13)19-15/h5-6,10-11H,2-4,7-9,17H2,1H3,(H,18,19). The number of aromatic amines is 1. The Morgan fingerprint density at radius 2 is 2.16 bits per heavy atom. The fraction of sp³-hybridized carbons (Fsp3) is 0.533. The third-order valence-corrected chi connectivity index (χ3v) is 3.79. The lowest BCUT2D eigenvalue weighted by Crippen LogP contribution is -2.10. The predicted molar refractivity (Wildman–Crippen MR) is 81.5 cm³/mol. The number of nitrogens with one attached hydrogen (secondary N) is 1. The maximum atomic E-state index is 5.98. The number of imidazole rings is 1. The van der Waals surface area contributed by atoms with Crippen molar-refractivity contribution in [2.45, 2.75) is 39.0 Å². The fourth-order valence-electron chi connectivity index (χ4n) is 2.57. The lowest BCUT2D eigenvalue weighted by atomic mass is 9.94. The van der Waals surface area contributed by atoms with Gasteiger partial charge in [0.2, 0.25) is 0 Å². The third kappa shape index (κ3) is 3.95. The number of halogens is 1. The highest BCUT2D eigenvalue weighted by molar-refractivity contribution is 6.31. The van der Waals surface area contributed by atoms with Gasteiger partial charge in [0.05, 0.1) is 11.0 Å². The van der Waals surface area contributed by atoms with Crippen molar-refractivity contribution in [1.29, 1.82) is 0 Å². The molecule has 0 bridgehead atoms. The van der Waals surface area contributed by atoms with Crippen LogP contribution in [0.3, 0.4) is 0 Å². The molecule has 1 aromatic carbocycles. The highest BCUT2D eigenvalue weighted by atomic mass is 35.5. The summed E-state index contributed by atoms with van der Waals surface area (Å²) in [6.07, 6.45) is 5.72. The Kier molecular flexibility index (Phi) is 5.23. The smallest absolute Gasteiger partial charge is 0.107 e. The SMILES string of the molecule is CCCC(CCN)CCc1nc2ccc(Cl)cc2[nH]1. The second kappa shape index (κ2) is 6.92. The van der Waals surface area contributed by atoms with Crippen LogP contribution in [0, 0.1) is 5.92 Å². The molecule has 104 valence electrons. The maximum Gasteiger partial charge on any atom is 0.107 e. The number of rotatable bonds is 7. The van der Waals surface area contributed by atoms with Gasteiger partial charge in [-0.1, -0.05) is 31.4 Å². The molecule has 3 nitrogen and oxygen atoms in total. The lowest BCUT2D eigenvalue weighted by Gasteiger charge is -2.13. The zero-order valence-corrected chi connectivity index (χ0v) is 12.2. The minimum Gasteiger partial charge on any atom is -0.342 e. The number of hydrogen-bond acceptors (Lipinski definition) is 2. The molecule has 19 heavy (non-hydrogen) atoms. The van der Waals surface area contributed by atoms with E-state index in [1.54, 1.807) is 0 Å². The van der Waals surface area contributed by atoms with Gasteiger partial charge in [-0.15, -0.1) is 0 Å². The molecule has 0 saturated carbocycles. The Balaban J connectivity index is 2.00. The number of nitrogens with zero attached hydrogens (tertiary/aromatic N) is 1. The van der Waals surface area contributed by atoms with Crippen LogP contribution < -0.4 is 5.73 Å². The number of hydrogen-bond donors (Lipinski definition) is 2. The van der Waals surface area contributed by atoms with Crippen molar-refractivity contribution >= 4 is 22.6 Å². The molecule has 0 aliphatic heterocycles. The van der Waals surface area contributed by atoms with E-state index in [1.165, 1.54) is 12.8 Å². The fourth-order valence-corrected chi connectivity index (χ4v) is 2.74. The van der Waals surface area contributed by atoms with Gasteiger partial charge in [-0.25, -0.2) is 4.98 Å². The highest BCUT2D eigenvalue weighted by Gasteiger charge is 2.09. The van der Waals surface area contributed by atoms with E-state index in [9.17, 15) is 0 Å². The molecule has 2 aromatic rings. The van der Waals surface area contributed by atoms with Gasteiger partial charge >= 0.3 is 0 Å². The van der Waals surface area contributed by atoms with Crippen molar-refractivity contribution in [2.24, 2.45) is 11.7 Å². The predicted octanol–water partition coefficient (Wildman–Crippen LogP) is 3.91. The Morgan fingerprint density at radius 1 is 1.32 bits per heavy atom. The van der Waals surface area contributed by atoms with E-state index >= 15 is 0 Å². The molecule has 0 aliphatic carbocycles. The summed E-state index contributed by atoms with van der Waals surface area (Å²) in [7, 11) is 0. The summed E-state index contributed by atoms with van der Waals surface area (Å²) in [5, 5.41) is 0.745. The minimum atomic E-state index is 0.715. The van der Waals surface area contributed by atoms with E-state index in [-0.39, 0.29) is 0 Å². The first-order chi connectivity index (χ1) is 9.22. The molecule has 1 aromatic heterocycles. The van der Waals surface area contributed by atoms with Crippen LogP contribution in [0.15, 0.2) is 18.2 Å². The molecule has 1 heterocycles. The average Bonchev–Trinajstić information content (AvgIpc) is 2.78. The molecule has 3 N–H and O–H groups in total. The average molecular weight is 280 g/mol. The van der Waals surface area contributed by atoms with E-state index in [0.29, 0.717) is 5.92 Å². The summed E-state index contributed by atoms with van der Waals surface area (Å²) in [5.41, 5.74) is 7.68. The lowest BCUT2D eigenvalue weighted by molar-refractivity contribution is 0.418. The first kappa shape index (κ1) is 14.4. The molecule has 2 rings (SSSR count). The summed E-state index contributed by atoms with van der Waals surface area (Å²) in [6, 6.07) is 5.76. The van der Waals surface area contributed by atoms with E-state index in [4.69, 9.17) is 17.3 Å². The molecule has 1 unspecified atom stereocenters.